The molecule has 0 spiro atoms. The first-order valence-corrected chi connectivity index (χ1v) is 21.3. The molecule has 0 saturated heterocycles. The number of hydrogen-bond donors (Lipinski definition) is 0. The van der Waals surface area contributed by atoms with Gasteiger partial charge in [-0.25, -0.2) is 0 Å². The first kappa shape index (κ1) is 35.2. The Bertz CT molecular complexity index is 3770. The van der Waals surface area contributed by atoms with Gasteiger partial charge in [0, 0.05) is 44.0 Å². The van der Waals surface area contributed by atoms with E-state index in [2.05, 4.69) is 202 Å². The SMILES string of the molecule is c1ccc(-c2noc(-c3ccc(-n4c5ccccc5c5cc(-n6c7ccc(-c8ccc9ccccc9c8)cc7c7cc(-c8ccc9ccccc9c8)ccc76)ccc54)cc3)n2)cc1. The highest BCUT2D eigenvalue weighted by molar-refractivity contribution is 6.14. The second-order valence-corrected chi connectivity index (χ2v) is 16.3. The van der Waals surface area contributed by atoms with Crippen molar-refractivity contribution in [2.45, 2.75) is 0 Å². The van der Waals surface area contributed by atoms with E-state index < -0.39 is 0 Å². The maximum atomic E-state index is 5.70. The van der Waals surface area contributed by atoms with Crippen LogP contribution in [0.3, 0.4) is 0 Å². The van der Waals surface area contributed by atoms with Crippen molar-refractivity contribution in [1.29, 1.82) is 0 Å². The monoisotopic (exact) mass is 804 g/mol. The Kier molecular flexibility index (Phi) is 7.84. The van der Waals surface area contributed by atoms with Crippen LogP contribution in [0.25, 0.3) is 122 Å². The van der Waals surface area contributed by atoms with Gasteiger partial charge in [-0.15, -0.1) is 0 Å². The van der Waals surface area contributed by atoms with E-state index in [1.54, 1.807) is 0 Å². The summed E-state index contributed by atoms with van der Waals surface area (Å²) in [6, 6.07) is 78.5. The van der Waals surface area contributed by atoms with Gasteiger partial charge < -0.3 is 13.7 Å². The molecule has 0 saturated carbocycles. The quantitative estimate of drug-likeness (QED) is 0.168. The van der Waals surface area contributed by atoms with Gasteiger partial charge in [0.25, 0.3) is 5.89 Å². The van der Waals surface area contributed by atoms with Crippen LogP contribution in [0, 0.1) is 0 Å². The molecule has 0 atom stereocenters. The Morgan fingerprint density at radius 3 is 1.41 bits per heavy atom. The Hall–Kier alpha value is -8.54. The molecular formula is C58H36N4O. The molecule has 0 fully saturated rings. The zero-order chi connectivity index (χ0) is 41.4. The van der Waals surface area contributed by atoms with Gasteiger partial charge in [-0.2, -0.15) is 4.98 Å². The molecule has 5 nitrogen and oxygen atoms in total. The summed E-state index contributed by atoms with van der Waals surface area (Å²) >= 11 is 0. The molecule has 13 rings (SSSR count). The Labute approximate surface area is 362 Å². The average molecular weight is 805 g/mol. The first-order valence-electron chi connectivity index (χ1n) is 21.3. The molecule has 0 N–H and O–H groups in total. The summed E-state index contributed by atoms with van der Waals surface area (Å²) < 4.78 is 10.5. The topological polar surface area (TPSA) is 48.8 Å². The van der Waals surface area contributed by atoms with E-state index in [9.17, 15) is 0 Å². The Morgan fingerprint density at radius 1 is 0.302 bits per heavy atom. The van der Waals surface area contributed by atoms with Crippen molar-refractivity contribution >= 4 is 65.2 Å². The standard InChI is InChI=1S/C58H36N4O/c1-2-12-39(13-3-1)57-59-58(63-60-57)40-22-26-47(27-23-40)61-53-17-9-8-16-49(53)52-36-48(28-31-56(52)61)62-54-29-24-45(43-20-18-37-10-4-6-14-41(37)32-43)34-50(54)51-35-46(25-30-55(51)62)44-21-19-38-11-5-7-15-42(38)33-44/h1-36H. The normalized spacial score (nSPS) is 11.8. The van der Waals surface area contributed by atoms with Crippen molar-refractivity contribution < 1.29 is 4.52 Å². The van der Waals surface area contributed by atoms with Gasteiger partial charge in [0.05, 0.1) is 22.1 Å². The minimum atomic E-state index is 0.493. The fourth-order valence-electron chi connectivity index (χ4n) is 9.57. The van der Waals surface area contributed by atoms with Crippen molar-refractivity contribution in [3.8, 4) is 56.5 Å². The molecule has 13 aromatic rings. The highest BCUT2D eigenvalue weighted by Gasteiger charge is 2.19. The Balaban J connectivity index is 0.959. The molecule has 0 aliphatic rings. The number of fused-ring (bicyclic) bond motifs is 8. The molecule has 3 heterocycles. The van der Waals surface area contributed by atoms with Gasteiger partial charge in [0.1, 0.15) is 0 Å². The zero-order valence-corrected chi connectivity index (χ0v) is 34.0. The van der Waals surface area contributed by atoms with Crippen LogP contribution in [-0.2, 0) is 0 Å². The van der Waals surface area contributed by atoms with Crippen LogP contribution in [0.2, 0.25) is 0 Å². The molecule has 0 radical (unpaired) electrons. The fourth-order valence-corrected chi connectivity index (χ4v) is 9.57. The van der Waals surface area contributed by atoms with Crippen LogP contribution >= 0.6 is 0 Å². The predicted molar refractivity (Wildman–Crippen MR) is 260 cm³/mol. The van der Waals surface area contributed by atoms with Crippen molar-refractivity contribution in [2.24, 2.45) is 0 Å². The van der Waals surface area contributed by atoms with E-state index >= 15 is 0 Å². The lowest BCUT2D eigenvalue weighted by atomic mass is 9.98. The van der Waals surface area contributed by atoms with Gasteiger partial charge in [-0.05, 0) is 129 Å². The predicted octanol–water partition coefficient (Wildman–Crippen LogP) is 15.2. The molecule has 0 bridgehead atoms. The lowest BCUT2D eigenvalue weighted by Gasteiger charge is -2.11. The molecular weight excluding hydrogens is 769 g/mol. The highest BCUT2D eigenvalue weighted by atomic mass is 16.5. The van der Waals surface area contributed by atoms with E-state index in [1.165, 1.54) is 76.4 Å². The van der Waals surface area contributed by atoms with Gasteiger partial charge in [-0.1, -0.05) is 139 Å². The Morgan fingerprint density at radius 2 is 0.762 bits per heavy atom. The maximum Gasteiger partial charge on any atom is 0.258 e. The van der Waals surface area contributed by atoms with Crippen LogP contribution in [0.1, 0.15) is 0 Å². The molecule has 0 amide bonds. The third-order valence-electron chi connectivity index (χ3n) is 12.7. The van der Waals surface area contributed by atoms with E-state index in [4.69, 9.17) is 9.51 Å². The minimum Gasteiger partial charge on any atom is -0.334 e. The molecule has 0 aliphatic carbocycles. The fraction of sp³-hybridized carbons (Fsp3) is 0. The van der Waals surface area contributed by atoms with Gasteiger partial charge in [-0.3, -0.25) is 0 Å². The van der Waals surface area contributed by atoms with Crippen molar-refractivity contribution in [2.75, 3.05) is 0 Å². The molecule has 63 heavy (non-hydrogen) atoms. The van der Waals surface area contributed by atoms with Crippen molar-refractivity contribution in [1.82, 2.24) is 19.3 Å². The number of benzene rings is 10. The van der Waals surface area contributed by atoms with E-state index in [0.717, 1.165) is 33.5 Å². The lowest BCUT2D eigenvalue weighted by Crippen LogP contribution is -1.96. The third-order valence-corrected chi connectivity index (χ3v) is 12.7. The summed E-state index contributed by atoms with van der Waals surface area (Å²) in [5.41, 5.74) is 13.4. The number of rotatable bonds is 6. The summed E-state index contributed by atoms with van der Waals surface area (Å²) in [5.74, 6) is 1.07. The molecule has 3 aromatic heterocycles. The number of hydrogen-bond acceptors (Lipinski definition) is 3. The minimum absolute atomic E-state index is 0.493. The molecule has 5 heteroatoms. The third kappa shape index (κ3) is 5.78. The van der Waals surface area contributed by atoms with Crippen LogP contribution < -0.4 is 0 Å². The first-order chi connectivity index (χ1) is 31.2. The summed E-state index contributed by atoms with van der Waals surface area (Å²) in [4.78, 5) is 4.70. The summed E-state index contributed by atoms with van der Waals surface area (Å²) in [6.45, 7) is 0. The molecule has 10 aromatic carbocycles. The smallest absolute Gasteiger partial charge is 0.258 e. The zero-order valence-electron chi connectivity index (χ0n) is 34.0. The summed E-state index contributed by atoms with van der Waals surface area (Å²) in [5, 5.41) is 14.0. The van der Waals surface area contributed by atoms with Crippen LogP contribution in [-0.4, -0.2) is 19.3 Å². The van der Waals surface area contributed by atoms with E-state index in [1.807, 2.05) is 30.3 Å². The van der Waals surface area contributed by atoms with Crippen LogP contribution in [0.4, 0.5) is 0 Å². The van der Waals surface area contributed by atoms with E-state index in [0.29, 0.717) is 11.7 Å². The highest BCUT2D eigenvalue weighted by Crippen LogP contribution is 2.40. The second kappa shape index (κ2) is 14.0. The van der Waals surface area contributed by atoms with Crippen LogP contribution in [0.15, 0.2) is 223 Å². The number of nitrogens with zero attached hydrogens (tertiary/aromatic N) is 4. The summed E-state index contributed by atoms with van der Waals surface area (Å²) in [7, 11) is 0. The van der Waals surface area contributed by atoms with Crippen molar-refractivity contribution in [3.63, 3.8) is 0 Å². The summed E-state index contributed by atoms with van der Waals surface area (Å²) in [6.07, 6.45) is 0. The van der Waals surface area contributed by atoms with Crippen LogP contribution in [0.5, 0.6) is 0 Å². The molecule has 0 aliphatic heterocycles. The van der Waals surface area contributed by atoms with E-state index in [-0.39, 0.29) is 0 Å². The molecule has 0 unspecified atom stereocenters. The van der Waals surface area contributed by atoms with Gasteiger partial charge in [0.2, 0.25) is 5.82 Å². The van der Waals surface area contributed by atoms with Crippen molar-refractivity contribution in [3.05, 3.63) is 218 Å². The average Bonchev–Trinajstić information content (AvgIpc) is 4.07. The van der Waals surface area contributed by atoms with Gasteiger partial charge in [0.15, 0.2) is 0 Å². The van der Waals surface area contributed by atoms with Gasteiger partial charge >= 0.3 is 0 Å². The maximum absolute atomic E-state index is 5.70. The second-order valence-electron chi connectivity index (χ2n) is 16.3. The number of para-hydroxylation sites is 1. The number of aromatic nitrogens is 4. The molecule has 294 valence electrons. The lowest BCUT2D eigenvalue weighted by molar-refractivity contribution is 0.432. The largest absolute Gasteiger partial charge is 0.334 e.